The van der Waals surface area contributed by atoms with Gasteiger partial charge < -0.3 is 19.5 Å². The van der Waals surface area contributed by atoms with Crippen LogP contribution in [0.15, 0.2) is 133 Å². The zero-order chi connectivity index (χ0) is 43.0. The summed E-state index contributed by atoms with van der Waals surface area (Å²) in [7, 11) is -2.65. The second kappa shape index (κ2) is 22.1. The molecule has 0 fully saturated rings. The number of nitro groups is 1. The molecule has 6 rings (SSSR count). The fourth-order valence-electron chi connectivity index (χ4n) is 6.84. The number of ether oxygens (including phenoxy) is 3. The van der Waals surface area contributed by atoms with Crippen LogP contribution in [0.5, 0.6) is 0 Å². The topological polar surface area (TPSA) is 187 Å². The van der Waals surface area contributed by atoms with Crippen molar-refractivity contribution in [3.63, 3.8) is 0 Å². The van der Waals surface area contributed by atoms with Gasteiger partial charge in [-0.15, -0.1) is 9.05 Å². The highest BCUT2D eigenvalue weighted by Gasteiger charge is 2.32. The molecule has 61 heavy (non-hydrogen) atoms. The number of benzene rings is 5. The molecule has 0 heterocycles. The summed E-state index contributed by atoms with van der Waals surface area (Å²) in [5.74, 6) is -3.08. The van der Waals surface area contributed by atoms with Crippen molar-refractivity contribution in [3.8, 4) is 11.1 Å². The van der Waals surface area contributed by atoms with Gasteiger partial charge in [0.15, 0.2) is 0 Å². The third kappa shape index (κ3) is 12.9. The predicted octanol–water partition coefficient (Wildman–Crippen LogP) is 8.93. The lowest BCUT2D eigenvalue weighted by molar-refractivity contribution is -0.384. The molecular weight excluding hydrogens is 803 g/mol. The molecule has 5 aromatic rings. The number of non-ortho nitro benzene ring substituents is 1. The molecule has 1 N–H and O–H groups in total. The van der Waals surface area contributed by atoms with Crippen LogP contribution in [0, 0.1) is 16.0 Å². The molecule has 0 bridgehead atoms. The van der Waals surface area contributed by atoms with E-state index in [2.05, 4.69) is 5.32 Å². The van der Waals surface area contributed by atoms with Crippen LogP contribution in [-0.2, 0) is 62.0 Å². The molecule has 1 amide bonds. The summed E-state index contributed by atoms with van der Waals surface area (Å²) >= 11 is 0. The monoisotopic (exact) mass is 847 g/mol. The van der Waals surface area contributed by atoms with Crippen LogP contribution in [0.1, 0.15) is 59.4 Å². The summed E-state index contributed by atoms with van der Waals surface area (Å²) < 4.78 is 39.9. The van der Waals surface area contributed by atoms with Gasteiger partial charge in [-0.1, -0.05) is 109 Å². The predicted molar refractivity (Wildman–Crippen MR) is 223 cm³/mol. The quantitative estimate of drug-likeness (QED) is 0.0229. The molecule has 1 aliphatic carbocycles. The molecular formula is C46H44N2O12P+. The van der Waals surface area contributed by atoms with Crippen molar-refractivity contribution in [1.82, 2.24) is 5.32 Å². The van der Waals surface area contributed by atoms with Gasteiger partial charge in [0, 0.05) is 35.5 Å². The number of hydrogen-bond donors (Lipinski definition) is 1. The Kier molecular flexibility index (Phi) is 15.9. The summed E-state index contributed by atoms with van der Waals surface area (Å²) in [6.07, 6.45) is -1.58. The van der Waals surface area contributed by atoms with E-state index in [0.29, 0.717) is 5.56 Å². The molecule has 5 aromatic carbocycles. The number of nitro benzene ring substituents is 1. The Balaban J connectivity index is 1.06. The van der Waals surface area contributed by atoms with Crippen molar-refractivity contribution >= 4 is 37.8 Å². The summed E-state index contributed by atoms with van der Waals surface area (Å²) in [5.41, 5.74) is 6.04. The molecule has 3 atom stereocenters. The van der Waals surface area contributed by atoms with E-state index in [9.17, 15) is 33.9 Å². The van der Waals surface area contributed by atoms with Gasteiger partial charge in [0.25, 0.3) is 5.69 Å². The first-order chi connectivity index (χ1) is 29.6. The lowest BCUT2D eigenvalue weighted by Crippen LogP contribution is -2.42. The van der Waals surface area contributed by atoms with Gasteiger partial charge in [-0.2, -0.15) is 0 Å². The Labute approximate surface area is 353 Å². The maximum Gasteiger partial charge on any atom is 0.697 e. The van der Waals surface area contributed by atoms with E-state index in [4.69, 9.17) is 23.3 Å². The molecule has 0 aromatic heterocycles. The normalized spacial score (nSPS) is 12.9. The summed E-state index contributed by atoms with van der Waals surface area (Å²) in [5, 5.41) is 13.5. The number of ketones is 1. The summed E-state index contributed by atoms with van der Waals surface area (Å²) in [6.45, 7) is -0.477. The maximum absolute atomic E-state index is 13.5. The summed E-state index contributed by atoms with van der Waals surface area (Å²) in [6, 6.07) is 38.0. The smallest absolute Gasteiger partial charge is 0.461 e. The lowest BCUT2D eigenvalue weighted by atomic mass is 9.96. The Hall–Kier alpha value is -6.60. The van der Waals surface area contributed by atoms with E-state index < -0.39 is 49.0 Å². The molecule has 0 radical (unpaired) electrons. The number of rotatable bonds is 22. The number of hydrogen-bond acceptors (Lipinski definition) is 12. The number of carbonyl (C=O) groups excluding carboxylic acids is 4. The minimum Gasteiger partial charge on any atom is -0.461 e. The van der Waals surface area contributed by atoms with E-state index in [0.717, 1.165) is 33.4 Å². The number of carbonyl (C=O) groups is 4. The fraction of sp³-hybridized carbons (Fsp3) is 0.261. The fourth-order valence-corrected chi connectivity index (χ4v) is 7.42. The van der Waals surface area contributed by atoms with E-state index >= 15 is 0 Å². The average Bonchev–Trinajstić information content (AvgIpc) is 3.61. The SMILES string of the molecule is O=C(CC[C@H](NC(=O)OCC1c2ccccc2-c2ccccc21)C(=O)OCc1ccccc1)CC(CCO[P+](=O)OCc1ccc([N+](=O)[O-])cc1)C(=O)OCc1ccccc1. The molecule has 1 aliphatic rings. The second-order valence-corrected chi connectivity index (χ2v) is 15.2. The van der Waals surface area contributed by atoms with Gasteiger partial charge in [-0.3, -0.25) is 19.7 Å². The molecule has 15 heteroatoms. The minimum atomic E-state index is -2.65. The van der Waals surface area contributed by atoms with Crippen molar-refractivity contribution in [2.45, 2.75) is 57.5 Å². The van der Waals surface area contributed by atoms with Crippen molar-refractivity contribution < 1.29 is 51.9 Å². The lowest BCUT2D eigenvalue weighted by Gasteiger charge is -2.20. The van der Waals surface area contributed by atoms with Crippen LogP contribution in [0.2, 0.25) is 0 Å². The number of Topliss-reactive ketones (excluding diaryl/α,β-unsaturated/α-hetero) is 1. The zero-order valence-electron chi connectivity index (χ0n) is 33.1. The van der Waals surface area contributed by atoms with Gasteiger partial charge >= 0.3 is 26.3 Å². The molecule has 14 nitrogen and oxygen atoms in total. The Morgan fingerprint density at radius 1 is 0.639 bits per heavy atom. The number of esters is 2. The van der Waals surface area contributed by atoms with E-state index in [1.807, 2.05) is 60.7 Å². The Bertz CT molecular complexity index is 2260. The van der Waals surface area contributed by atoms with Gasteiger partial charge in [0.05, 0.1) is 10.8 Å². The first-order valence-corrected chi connectivity index (χ1v) is 20.7. The van der Waals surface area contributed by atoms with Gasteiger partial charge in [-0.25, -0.2) is 9.59 Å². The Morgan fingerprint density at radius 2 is 1.18 bits per heavy atom. The maximum atomic E-state index is 13.5. The van der Waals surface area contributed by atoms with Crippen LogP contribution >= 0.6 is 8.25 Å². The zero-order valence-corrected chi connectivity index (χ0v) is 34.0. The van der Waals surface area contributed by atoms with Crippen LogP contribution in [0.3, 0.4) is 0 Å². The van der Waals surface area contributed by atoms with Crippen molar-refractivity contribution in [3.05, 3.63) is 171 Å². The average molecular weight is 848 g/mol. The number of amides is 1. The number of nitrogens with zero attached hydrogens (tertiary/aromatic N) is 1. The number of alkyl carbamates (subject to hydrolysis) is 1. The van der Waals surface area contributed by atoms with Crippen molar-refractivity contribution in [2.75, 3.05) is 13.2 Å². The second-order valence-electron chi connectivity index (χ2n) is 14.2. The highest BCUT2D eigenvalue weighted by atomic mass is 31.1. The van der Waals surface area contributed by atoms with Crippen molar-refractivity contribution in [2.24, 2.45) is 5.92 Å². The first kappa shape index (κ1) is 44.0. The van der Waals surface area contributed by atoms with Crippen LogP contribution in [0.4, 0.5) is 10.5 Å². The van der Waals surface area contributed by atoms with Gasteiger partial charge in [-0.05, 0) is 63.9 Å². The third-order valence-corrected chi connectivity index (χ3v) is 10.8. The molecule has 0 aliphatic heterocycles. The van der Waals surface area contributed by atoms with Crippen molar-refractivity contribution in [1.29, 1.82) is 0 Å². The molecule has 2 unspecified atom stereocenters. The molecule has 314 valence electrons. The van der Waals surface area contributed by atoms with Gasteiger partial charge in [0.1, 0.15) is 44.9 Å². The minimum absolute atomic E-state index is 0.00700. The third-order valence-electron chi connectivity index (χ3n) is 10.0. The number of nitrogens with one attached hydrogen (secondary N) is 1. The van der Waals surface area contributed by atoms with E-state index in [1.165, 1.54) is 24.3 Å². The van der Waals surface area contributed by atoms with E-state index in [1.54, 1.807) is 48.5 Å². The first-order valence-electron chi connectivity index (χ1n) is 19.7. The molecule has 0 saturated carbocycles. The van der Waals surface area contributed by atoms with Crippen LogP contribution in [-0.4, -0.2) is 48.0 Å². The Morgan fingerprint density at radius 3 is 1.77 bits per heavy atom. The van der Waals surface area contributed by atoms with Crippen LogP contribution < -0.4 is 5.32 Å². The van der Waals surface area contributed by atoms with Crippen LogP contribution in [0.25, 0.3) is 11.1 Å². The molecule has 0 saturated heterocycles. The standard InChI is InChI=1S/C46H43N2O12P/c49-37(27-35(44(50)56-28-32-11-3-1-4-12-32)25-26-59-61(55)60-30-34-19-21-36(22-20-34)48(53)54)23-24-43(45(51)57-29-33-13-5-2-6-14-33)47-46(52)58-31-42-40-17-9-7-15-38(40)39-16-8-10-18-41(39)42/h1-22,35,42-43H,23-31H2/p+1/t35?,43-/m0/s1. The molecule has 0 spiro atoms. The highest BCUT2D eigenvalue weighted by Crippen LogP contribution is 2.44. The largest absolute Gasteiger partial charge is 0.697 e. The number of fused-ring (bicyclic) bond motifs is 3. The van der Waals surface area contributed by atoms with Gasteiger partial charge in [0.2, 0.25) is 0 Å². The highest BCUT2D eigenvalue weighted by molar-refractivity contribution is 7.33. The van der Waals surface area contributed by atoms with E-state index in [-0.39, 0.29) is 70.3 Å². The summed E-state index contributed by atoms with van der Waals surface area (Å²) in [4.78, 5) is 63.9.